The van der Waals surface area contributed by atoms with Crippen molar-refractivity contribution >= 4 is 29.3 Å². The number of esters is 1. The van der Waals surface area contributed by atoms with Crippen LogP contribution in [0.15, 0.2) is 48.5 Å². The number of imide groups is 1. The van der Waals surface area contributed by atoms with Crippen molar-refractivity contribution in [1.82, 2.24) is 0 Å². The molecule has 142 valence electrons. The van der Waals surface area contributed by atoms with Crippen LogP contribution >= 0.6 is 0 Å². The van der Waals surface area contributed by atoms with Crippen LogP contribution in [0, 0.1) is 6.92 Å². The first-order valence-electron chi connectivity index (χ1n) is 9.02. The van der Waals surface area contributed by atoms with Crippen LogP contribution in [0.5, 0.6) is 5.75 Å². The van der Waals surface area contributed by atoms with Crippen LogP contribution in [0.3, 0.4) is 0 Å². The molecule has 1 atom stereocenters. The van der Waals surface area contributed by atoms with Gasteiger partial charge in [-0.15, -0.1) is 4.90 Å². The number of ether oxygens (including phenoxy) is 2. The number of carbonyl (C=O) groups excluding carboxylic acids is 3. The fourth-order valence-electron chi connectivity index (χ4n) is 3.41. The van der Waals surface area contributed by atoms with Gasteiger partial charge in [-0.2, -0.15) is 9.37 Å². The summed E-state index contributed by atoms with van der Waals surface area (Å²) in [6, 6.07) is 13.5. The Bertz CT molecular complexity index is 1010. The fourth-order valence-corrected chi connectivity index (χ4v) is 3.41. The summed E-state index contributed by atoms with van der Waals surface area (Å²) in [5, 5.41) is 0. The Morgan fingerprint density at radius 1 is 1.14 bits per heavy atom. The molecule has 7 nitrogen and oxygen atoms in total. The summed E-state index contributed by atoms with van der Waals surface area (Å²) < 4.78 is 12.1. The van der Waals surface area contributed by atoms with Crippen molar-refractivity contribution < 1.29 is 28.4 Å². The molecule has 2 aliphatic heterocycles. The summed E-state index contributed by atoms with van der Waals surface area (Å²) in [7, 11) is 0. The summed E-state index contributed by atoms with van der Waals surface area (Å²) in [5.41, 5.74) is 2.43. The van der Waals surface area contributed by atoms with E-state index in [-0.39, 0.29) is 13.2 Å². The molecular formula is C21H19N2O5+. The van der Waals surface area contributed by atoms with E-state index in [1.54, 1.807) is 43.3 Å². The second-order valence-electron chi connectivity index (χ2n) is 6.56. The number of urea groups is 1. The number of anilines is 1. The van der Waals surface area contributed by atoms with Crippen LogP contribution in [0.25, 0.3) is 0 Å². The van der Waals surface area contributed by atoms with Gasteiger partial charge < -0.3 is 9.47 Å². The quantitative estimate of drug-likeness (QED) is 0.602. The van der Waals surface area contributed by atoms with E-state index in [1.165, 1.54) is 4.58 Å². The van der Waals surface area contributed by atoms with E-state index >= 15 is 0 Å². The third-order valence-electron chi connectivity index (χ3n) is 4.70. The zero-order chi connectivity index (χ0) is 19.8. The first-order chi connectivity index (χ1) is 13.5. The average molecular weight is 379 g/mol. The van der Waals surface area contributed by atoms with Gasteiger partial charge in [-0.3, -0.25) is 0 Å². The number of carbonyl (C=O) groups is 3. The van der Waals surface area contributed by atoms with Gasteiger partial charge in [0.15, 0.2) is 12.3 Å². The van der Waals surface area contributed by atoms with Gasteiger partial charge in [-0.05, 0) is 38.1 Å². The van der Waals surface area contributed by atoms with Crippen molar-refractivity contribution in [3.63, 3.8) is 0 Å². The SMILES string of the molecule is CCOC(=O)C[N+]1=C2c3ccccc3OC2C(=O)N(c2ccc(C)cc2)C1=O. The van der Waals surface area contributed by atoms with Gasteiger partial charge >= 0.3 is 17.9 Å². The predicted octanol–water partition coefficient (Wildman–Crippen LogP) is 2.29. The summed E-state index contributed by atoms with van der Waals surface area (Å²) in [6.45, 7) is 3.51. The van der Waals surface area contributed by atoms with Gasteiger partial charge in [0.2, 0.25) is 0 Å². The van der Waals surface area contributed by atoms with Gasteiger partial charge in [0.05, 0.1) is 12.2 Å². The molecule has 2 aromatic carbocycles. The van der Waals surface area contributed by atoms with E-state index in [1.807, 2.05) is 19.1 Å². The number of amides is 3. The van der Waals surface area contributed by atoms with Gasteiger partial charge in [0, 0.05) is 0 Å². The summed E-state index contributed by atoms with van der Waals surface area (Å²) in [6.07, 6.45) is -0.995. The average Bonchev–Trinajstić information content (AvgIpc) is 3.07. The van der Waals surface area contributed by atoms with Gasteiger partial charge in [0.25, 0.3) is 6.10 Å². The monoisotopic (exact) mass is 379 g/mol. The lowest BCUT2D eigenvalue weighted by molar-refractivity contribution is -0.420. The second-order valence-corrected chi connectivity index (χ2v) is 6.56. The molecule has 2 heterocycles. The standard InChI is InChI=1S/C21H19N2O5/c1-3-27-17(24)12-22-18-15-6-4-5-7-16(15)28-19(18)20(25)23(21(22)26)14-10-8-13(2)9-11-14/h4-11,19H,3,12H2,1-2H3/q+1. The lowest BCUT2D eigenvalue weighted by atomic mass is 10.0. The van der Waals surface area contributed by atoms with E-state index in [9.17, 15) is 14.4 Å². The minimum Gasteiger partial charge on any atom is -0.469 e. The van der Waals surface area contributed by atoms with Crippen LogP contribution in [-0.2, 0) is 14.3 Å². The topological polar surface area (TPSA) is 75.9 Å². The number of rotatable bonds is 4. The number of para-hydroxylation sites is 1. The second kappa shape index (κ2) is 6.92. The van der Waals surface area contributed by atoms with Crippen LogP contribution < -0.4 is 9.64 Å². The molecule has 2 aliphatic rings. The van der Waals surface area contributed by atoms with Gasteiger partial charge in [-0.25, -0.2) is 9.59 Å². The first-order valence-corrected chi connectivity index (χ1v) is 9.02. The minimum atomic E-state index is -0.995. The molecule has 0 N–H and O–H groups in total. The summed E-state index contributed by atoms with van der Waals surface area (Å²) in [5.74, 6) is -0.534. The largest absolute Gasteiger partial charge is 0.506 e. The normalized spacial score (nSPS) is 17.9. The molecule has 0 saturated heterocycles. The van der Waals surface area contributed by atoms with Crippen molar-refractivity contribution in [1.29, 1.82) is 0 Å². The Kier molecular flexibility index (Phi) is 4.43. The molecule has 0 aliphatic carbocycles. The van der Waals surface area contributed by atoms with Crippen molar-refractivity contribution in [2.24, 2.45) is 0 Å². The Labute approximate surface area is 161 Å². The molecule has 2 aromatic rings. The highest BCUT2D eigenvalue weighted by atomic mass is 16.5. The number of aryl methyl sites for hydroxylation is 1. The van der Waals surface area contributed by atoms with Crippen molar-refractivity contribution in [3.05, 3.63) is 59.7 Å². The maximum atomic E-state index is 13.3. The Morgan fingerprint density at radius 2 is 1.86 bits per heavy atom. The predicted molar refractivity (Wildman–Crippen MR) is 101 cm³/mol. The fraction of sp³-hybridized carbons (Fsp3) is 0.238. The van der Waals surface area contributed by atoms with Crippen LogP contribution in [0.4, 0.5) is 10.5 Å². The third-order valence-corrected chi connectivity index (χ3v) is 4.70. The Hall–Kier alpha value is -3.48. The van der Waals surface area contributed by atoms with Crippen LogP contribution in [-0.4, -0.2) is 47.5 Å². The first kappa shape index (κ1) is 17.9. The lowest BCUT2D eigenvalue weighted by Gasteiger charge is -2.23. The molecule has 4 rings (SSSR count). The van der Waals surface area contributed by atoms with Crippen LogP contribution in [0.1, 0.15) is 18.1 Å². The zero-order valence-electron chi connectivity index (χ0n) is 15.5. The van der Waals surface area contributed by atoms with E-state index in [2.05, 4.69) is 0 Å². The number of hydrogen-bond donors (Lipinski definition) is 0. The molecule has 0 saturated carbocycles. The van der Waals surface area contributed by atoms with Crippen molar-refractivity contribution in [2.45, 2.75) is 20.0 Å². The highest BCUT2D eigenvalue weighted by Crippen LogP contribution is 2.33. The molecule has 0 spiro atoms. The number of hydrogen-bond acceptors (Lipinski definition) is 5. The maximum absolute atomic E-state index is 13.3. The lowest BCUT2D eigenvalue weighted by Crippen LogP contribution is -2.59. The highest BCUT2D eigenvalue weighted by Gasteiger charge is 2.54. The molecule has 1 unspecified atom stereocenters. The van der Waals surface area contributed by atoms with Crippen molar-refractivity contribution in [2.75, 3.05) is 18.1 Å². The zero-order valence-corrected chi connectivity index (χ0v) is 15.5. The Morgan fingerprint density at radius 3 is 2.57 bits per heavy atom. The Balaban J connectivity index is 1.84. The molecule has 7 heteroatoms. The van der Waals surface area contributed by atoms with E-state index in [4.69, 9.17) is 9.47 Å². The molecular weight excluding hydrogens is 360 g/mol. The number of fused-ring (bicyclic) bond motifs is 3. The molecule has 28 heavy (non-hydrogen) atoms. The van der Waals surface area contributed by atoms with Crippen LogP contribution in [0.2, 0.25) is 0 Å². The van der Waals surface area contributed by atoms with E-state index in [0.29, 0.717) is 22.7 Å². The van der Waals surface area contributed by atoms with Crippen molar-refractivity contribution in [3.8, 4) is 5.75 Å². The number of benzene rings is 2. The van der Waals surface area contributed by atoms with Gasteiger partial charge in [0.1, 0.15) is 11.4 Å². The molecule has 0 aromatic heterocycles. The highest BCUT2D eigenvalue weighted by molar-refractivity contribution is 6.29. The molecule has 0 radical (unpaired) electrons. The molecule has 3 amide bonds. The van der Waals surface area contributed by atoms with Gasteiger partial charge in [-0.1, -0.05) is 29.8 Å². The van der Waals surface area contributed by atoms with E-state index < -0.39 is 24.0 Å². The smallest absolute Gasteiger partial charge is 0.469 e. The third kappa shape index (κ3) is 2.85. The summed E-state index contributed by atoms with van der Waals surface area (Å²) in [4.78, 5) is 39.6. The molecule has 0 bridgehead atoms. The minimum absolute atomic E-state index is 0.202. The molecule has 0 fully saturated rings. The summed E-state index contributed by atoms with van der Waals surface area (Å²) >= 11 is 0. The van der Waals surface area contributed by atoms with E-state index in [0.717, 1.165) is 10.5 Å². The maximum Gasteiger partial charge on any atom is 0.506 e. The number of nitrogens with zero attached hydrogens (tertiary/aromatic N) is 2.